The van der Waals surface area contributed by atoms with Gasteiger partial charge in [-0.2, -0.15) is 0 Å². The first-order valence-electron chi connectivity index (χ1n) is 10.3. The maximum Gasteiger partial charge on any atom is 0.159 e. The van der Waals surface area contributed by atoms with E-state index in [4.69, 9.17) is 0 Å². The van der Waals surface area contributed by atoms with E-state index < -0.39 is 0 Å². The van der Waals surface area contributed by atoms with E-state index in [1.807, 2.05) is 36.4 Å². The zero-order chi connectivity index (χ0) is 20.5. The Morgan fingerprint density at radius 1 is 0.833 bits per heavy atom. The van der Waals surface area contributed by atoms with E-state index in [9.17, 15) is 14.4 Å². The number of aromatic nitrogens is 1. The molecule has 2 aromatic carbocycles. The minimum Gasteiger partial charge on any atom is -0.340 e. The van der Waals surface area contributed by atoms with E-state index >= 15 is 0 Å². The lowest BCUT2D eigenvalue weighted by molar-refractivity contribution is -0.121. The first kappa shape index (κ1) is 22.2. The number of benzene rings is 2. The van der Waals surface area contributed by atoms with Crippen LogP contribution in [-0.4, -0.2) is 46.5 Å². The SMILES string of the molecule is CC(=O)c1ccc2c(c1)c1cc(C(C)=O)ccc1n2CCCN1CCC(=O)CC1.Cl. The summed E-state index contributed by atoms with van der Waals surface area (Å²) in [6, 6.07) is 11.7. The molecule has 1 aromatic heterocycles. The molecule has 0 amide bonds. The summed E-state index contributed by atoms with van der Waals surface area (Å²) in [6.07, 6.45) is 2.31. The molecule has 0 radical (unpaired) electrons. The second kappa shape index (κ2) is 9.11. The summed E-state index contributed by atoms with van der Waals surface area (Å²) in [4.78, 5) is 37.6. The fraction of sp³-hybridized carbons (Fsp3) is 0.375. The van der Waals surface area contributed by atoms with Crippen molar-refractivity contribution in [2.24, 2.45) is 0 Å². The number of Topliss-reactive ketones (excluding diaryl/α,β-unsaturated/α-hetero) is 3. The molecular formula is C24H27ClN2O3. The number of ketones is 3. The molecule has 6 heteroatoms. The maximum atomic E-state index is 11.9. The fourth-order valence-corrected chi connectivity index (χ4v) is 4.26. The molecule has 5 nitrogen and oxygen atoms in total. The fourth-order valence-electron chi connectivity index (χ4n) is 4.26. The number of carbonyl (C=O) groups excluding carboxylic acids is 3. The van der Waals surface area contributed by atoms with Crippen molar-refractivity contribution in [1.29, 1.82) is 0 Å². The van der Waals surface area contributed by atoms with Crippen molar-refractivity contribution < 1.29 is 14.4 Å². The Morgan fingerprint density at radius 2 is 1.33 bits per heavy atom. The second-order valence-electron chi connectivity index (χ2n) is 7.96. The third-order valence-electron chi connectivity index (χ3n) is 5.95. The normalized spacial score (nSPS) is 14.8. The van der Waals surface area contributed by atoms with Gasteiger partial charge in [0.15, 0.2) is 11.6 Å². The van der Waals surface area contributed by atoms with Gasteiger partial charge in [0.25, 0.3) is 0 Å². The third kappa shape index (κ3) is 4.32. The smallest absolute Gasteiger partial charge is 0.159 e. The molecule has 0 bridgehead atoms. The Labute approximate surface area is 182 Å². The highest BCUT2D eigenvalue weighted by Crippen LogP contribution is 2.31. The average Bonchev–Trinajstić information content (AvgIpc) is 3.02. The first-order valence-corrected chi connectivity index (χ1v) is 10.3. The molecule has 4 rings (SSSR count). The number of halogens is 1. The molecule has 1 saturated heterocycles. The summed E-state index contributed by atoms with van der Waals surface area (Å²) >= 11 is 0. The van der Waals surface area contributed by atoms with Gasteiger partial charge in [0.1, 0.15) is 5.78 Å². The number of carbonyl (C=O) groups is 3. The molecule has 1 aliphatic rings. The number of piperidine rings is 1. The molecule has 0 unspecified atom stereocenters. The van der Waals surface area contributed by atoms with Gasteiger partial charge >= 0.3 is 0 Å². The van der Waals surface area contributed by atoms with E-state index in [-0.39, 0.29) is 24.0 Å². The Morgan fingerprint density at radius 3 is 1.80 bits per heavy atom. The molecule has 0 N–H and O–H groups in total. The molecular weight excluding hydrogens is 400 g/mol. The number of rotatable bonds is 6. The van der Waals surface area contributed by atoms with Crippen LogP contribution < -0.4 is 0 Å². The molecule has 0 spiro atoms. The number of hydrogen-bond acceptors (Lipinski definition) is 4. The van der Waals surface area contributed by atoms with Crippen LogP contribution in [0.5, 0.6) is 0 Å². The van der Waals surface area contributed by atoms with Crippen LogP contribution in [-0.2, 0) is 11.3 Å². The maximum absolute atomic E-state index is 11.9. The second-order valence-corrected chi connectivity index (χ2v) is 7.96. The first-order chi connectivity index (χ1) is 13.9. The number of fused-ring (bicyclic) bond motifs is 3. The molecule has 2 heterocycles. The van der Waals surface area contributed by atoms with E-state index in [1.54, 1.807) is 13.8 Å². The van der Waals surface area contributed by atoms with Gasteiger partial charge < -0.3 is 9.47 Å². The highest BCUT2D eigenvalue weighted by atomic mass is 35.5. The number of nitrogens with zero attached hydrogens (tertiary/aromatic N) is 2. The van der Waals surface area contributed by atoms with E-state index in [2.05, 4.69) is 9.47 Å². The topological polar surface area (TPSA) is 59.4 Å². The zero-order valence-electron chi connectivity index (χ0n) is 17.4. The van der Waals surface area contributed by atoms with Gasteiger partial charge in [0, 0.05) is 65.4 Å². The van der Waals surface area contributed by atoms with Crippen LogP contribution in [0.2, 0.25) is 0 Å². The molecule has 1 fully saturated rings. The summed E-state index contributed by atoms with van der Waals surface area (Å²) in [5.74, 6) is 0.441. The largest absolute Gasteiger partial charge is 0.340 e. The molecule has 3 aromatic rings. The van der Waals surface area contributed by atoms with Crippen LogP contribution in [0.25, 0.3) is 21.8 Å². The van der Waals surface area contributed by atoms with Crippen LogP contribution >= 0.6 is 12.4 Å². The number of hydrogen-bond donors (Lipinski definition) is 0. The van der Waals surface area contributed by atoms with Gasteiger partial charge in [-0.3, -0.25) is 14.4 Å². The Balaban J connectivity index is 0.00000256. The lowest BCUT2D eigenvalue weighted by Gasteiger charge is -2.25. The van der Waals surface area contributed by atoms with Crippen molar-refractivity contribution in [3.8, 4) is 0 Å². The molecule has 0 atom stereocenters. The van der Waals surface area contributed by atoms with Crippen molar-refractivity contribution in [2.45, 2.75) is 39.7 Å². The van der Waals surface area contributed by atoms with Gasteiger partial charge in [-0.25, -0.2) is 0 Å². The highest BCUT2D eigenvalue weighted by Gasteiger charge is 2.17. The number of likely N-dealkylation sites (tertiary alicyclic amines) is 1. The van der Waals surface area contributed by atoms with Crippen molar-refractivity contribution >= 4 is 51.6 Å². The minimum absolute atomic E-state index is 0. The van der Waals surface area contributed by atoms with Crippen LogP contribution in [0.4, 0.5) is 0 Å². The van der Waals surface area contributed by atoms with Crippen LogP contribution in [0, 0.1) is 0 Å². The number of aryl methyl sites for hydroxylation is 1. The quantitative estimate of drug-likeness (QED) is 0.537. The summed E-state index contributed by atoms with van der Waals surface area (Å²) in [5.41, 5.74) is 3.53. The Hall–Kier alpha value is -2.50. The summed E-state index contributed by atoms with van der Waals surface area (Å²) in [7, 11) is 0. The standard InChI is InChI=1S/C24H26N2O3.ClH/c1-16(27)18-4-6-23-21(14-18)22-15-19(17(2)28)5-7-24(22)26(23)11-3-10-25-12-8-20(29)9-13-25;/h4-7,14-15H,3,8-13H2,1-2H3;1H. The van der Waals surface area contributed by atoms with Crippen molar-refractivity contribution in [1.82, 2.24) is 9.47 Å². The van der Waals surface area contributed by atoms with E-state index in [1.165, 1.54) is 0 Å². The van der Waals surface area contributed by atoms with Gasteiger partial charge in [-0.05, 0) is 63.2 Å². The monoisotopic (exact) mass is 426 g/mol. The molecule has 30 heavy (non-hydrogen) atoms. The molecule has 0 aliphatic carbocycles. The minimum atomic E-state index is 0. The van der Waals surface area contributed by atoms with Crippen LogP contribution in [0.15, 0.2) is 36.4 Å². The van der Waals surface area contributed by atoms with Crippen molar-refractivity contribution in [3.05, 3.63) is 47.5 Å². The zero-order valence-corrected chi connectivity index (χ0v) is 18.3. The summed E-state index contributed by atoms with van der Waals surface area (Å²) < 4.78 is 2.29. The van der Waals surface area contributed by atoms with Gasteiger partial charge in [0.05, 0.1) is 0 Å². The Kier molecular flexibility index (Phi) is 6.74. The van der Waals surface area contributed by atoms with E-state index in [0.29, 0.717) is 29.8 Å². The van der Waals surface area contributed by atoms with Crippen LogP contribution in [0.3, 0.4) is 0 Å². The third-order valence-corrected chi connectivity index (χ3v) is 5.95. The summed E-state index contributed by atoms with van der Waals surface area (Å²) in [6.45, 7) is 6.68. The van der Waals surface area contributed by atoms with Gasteiger partial charge in [0.2, 0.25) is 0 Å². The molecule has 158 valence electrons. The molecule has 0 saturated carbocycles. The van der Waals surface area contributed by atoms with Crippen molar-refractivity contribution in [3.63, 3.8) is 0 Å². The predicted octanol–water partition coefficient (Wildman–Crippen LogP) is 4.68. The lowest BCUT2D eigenvalue weighted by Crippen LogP contribution is -2.34. The predicted molar refractivity (Wildman–Crippen MR) is 122 cm³/mol. The van der Waals surface area contributed by atoms with Gasteiger partial charge in [-0.15, -0.1) is 12.4 Å². The van der Waals surface area contributed by atoms with Crippen LogP contribution in [0.1, 0.15) is 53.8 Å². The van der Waals surface area contributed by atoms with Crippen molar-refractivity contribution in [2.75, 3.05) is 19.6 Å². The lowest BCUT2D eigenvalue weighted by atomic mass is 10.0. The molecule has 1 aliphatic heterocycles. The van der Waals surface area contributed by atoms with E-state index in [0.717, 1.165) is 54.4 Å². The van der Waals surface area contributed by atoms with Gasteiger partial charge in [-0.1, -0.05) is 0 Å². The average molecular weight is 427 g/mol. The summed E-state index contributed by atoms with van der Waals surface area (Å²) in [5, 5.41) is 2.03. The Bertz CT molecular complexity index is 1050. The highest BCUT2D eigenvalue weighted by molar-refractivity contribution is 6.12.